The molecule has 1 aromatic heterocycles. The molecule has 0 saturated carbocycles. The van der Waals surface area contributed by atoms with Gasteiger partial charge in [0.15, 0.2) is 0 Å². The van der Waals surface area contributed by atoms with Crippen molar-refractivity contribution in [1.29, 1.82) is 0 Å². The Morgan fingerprint density at radius 1 is 1.15 bits per heavy atom. The third-order valence-corrected chi connectivity index (χ3v) is 3.87. The molecule has 0 unspecified atom stereocenters. The molecule has 0 aliphatic heterocycles. The lowest BCUT2D eigenvalue weighted by Gasteiger charge is -2.10. The van der Waals surface area contributed by atoms with Crippen LogP contribution in [0.5, 0.6) is 5.75 Å². The van der Waals surface area contributed by atoms with E-state index in [1.807, 2.05) is 36.4 Å². The Labute approximate surface area is 147 Å². The van der Waals surface area contributed by atoms with E-state index in [0.29, 0.717) is 5.75 Å². The predicted octanol–water partition coefficient (Wildman–Crippen LogP) is 2.09. The van der Waals surface area contributed by atoms with Crippen LogP contribution in [0.3, 0.4) is 0 Å². The van der Waals surface area contributed by atoms with Crippen molar-refractivity contribution in [2.45, 2.75) is 6.54 Å². The van der Waals surface area contributed by atoms with Crippen molar-refractivity contribution in [3.8, 4) is 5.75 Å². The Bertz CT molecular complexity index is 1060. The van der Waals surface area contributed by atoms with Crippen molar-refractivity contribution in [3.63, 3.8) is 0 Å². The van der Waals surface area contributed by atoms with E-state index in [2.05, 4.69) is 0 Å². The number of rotatable bonds is 6. The molecule has 26 heavy (non-hydrogen) atoms. The number of pyridine rings is 1. The Hall–Kier alpha value is -3.68. The van der Waals surface area contributed by atoms with Crippen molar-refractivity contribution in [2.75, 3.05) is 6.61 Å². The van der Waals surface area contributed by atoms with Gasteiger partial charge in [-0.2, -0.15) is 0 Å². The van der Waals surface area contributed by atoms with Crippen molar-refractivity contribution < 1.29 is 14.5 Å². The number of nitrogens with two attached hydrogens (primary N) is 1. The number of hydrogen-bond donors (Lipinski definition) is 1. The van der Waals surface area contributed by atoms with Crippen molar-refractivity contribution in [1.82, 2.24) is 4.57 Å². The van der Waals surface area contributed by atoms with Crippen molar-refractivity contribution in [3.05, 3.63) is 80.8 Å². The van der Waals surface area contributed by atoms with Gasteiger partial charge in [0.25, 0.3) is 17.2 Å². The van der Waals surface area contributed by atoms with Crippen LogP contribution in [0.2, 0.25) is 0 Å². The molecular weight excluding hydrogens is 338 g/mol. The molecule has 0 radical (unpaired) electrons. The average molecular weight is 353 g/mol. The van der Waals surface area contributed by atoms with E-state index >= 15 is 0 Å². The summed E-state index contributed by atoms with van der Waals surface area (Å²) in [4.78, 5) is 33.8. The molecule has 8 nitrogen and oxygen atoms in total. The summed E-state index contributed by atoms with van der Waals surface area (Å²) < 4.78 is 6.68. The van der Waals surface area contributed by atoms with E-state index < -0.39 is 22.0 Å². The second kappa shape index (κ2) is 7.06. The molecule has 0 spiro atoms. The zero-order valence-corrected chi connectivity index (χ0v) is 13.6. The summed E-state index contributed by atoms with van der Waals surface area (Å²) in [7, 11) is 0. The van der Waals surface area contributed by atoms with Gasteiger partial charge in [-0.25, -0.2) is 0 Å². The molecule has 2 aromatic carbocycles. The van der Waals surface area contributed by atoms with Gasteiger partial charge in [-0.15, -0.1) is 0 Å². The van der Waals surface area contributed by atoms with Crippen molar-refractivity contribution >= 4 is 22.4 Å². The van der Waals surface area contributed by atoms with E-state index in [0.717, 1.165) is 27.6 Å². The maximum Gasteiger partial charge on any atom is 0.286 e. The number of carbonyl (C=O) groups is 1. The number of amides is 1. The van der Waals surface area contributed by atoms with Gasteiger partial charge in [-0.1, -0.05) is 30.3 Å². The standard InChI is InChI=1S/C18H15N3O5/c19-17(22)16-10-14(21(24)25)11-20(18(16)23)7-8-26-15-6-5-12-3-1-2-4-13(12)9-15/h1-6,9-11H,7-8H2,(H2,19,22). The minimum Gasteiger partial charge on any atom is -0.492 e. The second-order valence-electron chi connectivity index (χ2n) is 5.59. The molecule has 0 saturated heterocycles. The van der Waals surface area contributed by atoms with Crippen LogP contribution in [0.4, 0.5) is 5.69 Å². The van der Waals surface area contributed by atoms with Gasteiger partial charge >= 0.3 is 0 Å². The number of hydrogen-bond acceptors (Lipinski definition) is 5. The summed E-state index contributed by atoms with van der Waals surface area (Å²) in [5.74, 6) is -0.403. The minimum atomic E-state index is -1.01. The lowest BCUT2D eigenvalue weighted by atomic mass is 10.1. The topological polar surface area (TPSA) is 117 Å². The van der Waals surface area contributed by atoms with Gasteiger partial charge in [-0.3, -0.25) is 19.7 Å². The molecule has 1 heterocycles. The maximum atomic E-state index is 12.2. The summed E-state index contributed by atoms with van der Waals surface area (Å²) in [5, 5.41) is 13.0. The van der Waals surface area contributed by atoms with Gasteiger partial charge < -0.3 is 15.0 Å². The summed E-state index contributed by atoms with van der Waals surface area (Å²) in [6.07, 6.45) is 1.07. The molecule has 0 fully saturated rings. The first-order valence-corrected chi connectivity index (χ1v) is 7.76. The molecule has 132 valence electrons. The van der Waals surface area contributed by atoms with Crippen molar-refractivity contribution in [2.24, 2.45) is 5.73 Å². The molecular formula is C18H15N3O5. The highest BCUT2D eigenvalue weighted by Crippen LogP contribution is 2.20. The Morgan fingerprint density at radius 2 is 1.88 bits per heavy atom. The molecule has 0 bridgehead atoms. The number of carbonyl (C=O) groups excluding carboxylic acids is 1. The zero-order chi connectivity index (χ0) is 18.7. The first-order chi connectivity index (χ1) is 12.5. The highest BCUT2D eigenvalue weighted by atomic mass is 16.6. The van der Waals surface area contributed by atoms with E-state index in [4.69, 9.17) is 10.5 Å². The molecule has 0 aliphatic carbocycles. The van der Waals surface area contributed by atoms with E-state index in [1.165, 1.54) is 0 Å². The number of aromatic nitrogens is 1. The molecule has 2 N–H and O–H groups in total. The second-order valence-corrected chi connectivity index (χ2v) is 5.59. The number of nitro groups is 1. The van der Waals surface area contributed by atoms with Gasteiger partial charge in [0.1, 0.15) is 17.9 Å². The van der Waals surface area contributed by atoms with Crippen LogP contribution in [0.25, 0.3) is 10.8 Å². The van der Waals surface area contributed by atoms with E-state index in [-0.39, 0.29) is 18.8 Å². The molecule has 8 heteroatoms. The van der Waals surface area contributed by atoms with Gasteiger partial charge in [-0.05, 0) is 22.9 Å². The molecule has 3 aromatic rings. The quantitative estimate of drug-likeness (QED) is 0.538. The number of nitrogens with zero attached hydrogens (tertiary/aromatic N) is 2. The third-order valence-electron chi connectivity index (χ3n) is 3.87. The summed E-state index contributed by atoms with van der Waals surface area (Å²) in [6.45, 7) is 0.130. The van der Waals surface area contributed by atoms with Gasteiger partial charge in [0.05, 0.1) is 17.7 Å². The molecule has 0 aliphatic rings. The monoisotopic (exact) mass is 353 g/mol. The van der Waals surface area contributed by atoms with Crippen LogP contribution in [0, 0.1) is 10.1 Å². The smallest absolute Gasteiger partial charge is 0.286 e. The fourth-order valence-corrected chi connectivity index (χ4v) is 2.58. The number of benzene rings is 2. The van der Waals surface area contributed by atoms with Gasteiger partial charge in [0, 0.05) is 6.07 Å². The highest BCUT2D eigenvalue weighted by Gasteiger charge is 2.17. The van der Waals surface area contributed by atoms with Crippen LogP contribution in [-0.2, 0) is 6.54 Å². The SMILES string of the molecule is NC(=O)c1cc([N+](=O)[O-])cn(CCOc2ccc3ccccc3c2)c1=O. The van der Waals surface area contributed by atoms with Crippen LogP contribution in [0.15, 0.2) is 59.5 Å². The summed E-state index contributed by atoms with van der Waals surface area (Å²) in [5.41, 5.74) is 3.62. The average Bonchev–Trinajstić information content (AvgIpc) is 2.62. The largest absolute Gasteiger partial charge is 0.492 e. The third kappa shape index (κ3) is 3.54. The first kappa shape index (κ1) is 17.2. The zero-order valence-electron chi connectivity index (χ0n) is 13.6. The Kier molecular flexibility index (Phi) is 4.66. The molecule has 0 atom stereocenters. The summed E-state index contributed by atoms with van der Waals surface area (Å²) in [6, 6.07) is 14.2. The number of ether oxygens (including phenoxy) is 1. The minimum absolute atomic E-state index is 0.0353. The van der Waals surface area contributed by atoms with Crippen LogP contribution in [0.1, 0.15) is 10.4 Å². The fraction of sp³-hybridized carbons (Fsp3) is 0.111. The maximum absolute atomic E-state index is 12.2. The first-order valence-electron chi connectivity index (χ1n) is 7.76. The Morgan fingerprint density at radius 3 is 2.58 bits per heavy atom. The van der Waals surface area contributed by atoms with Crippen LogP contribution in [-0.4, -0.2) is 22.0 Å². The molecule has 1 amide bonds. The van der Waals surface area contributed by atoms with E-state index in [1.54, 1.807) is 6.07 Å². The van der Waals surface area contributed by atoms with Gasteiger partial charge in [0.2, 0.25) is 0 Å². The number of fused-ring (bicyclic) bond motifs is 1. The molecule has 3 rings (SSSR count). The normalized spacial score (nSPS) is 10.6. The summed E-state index contributed by atoms with van der Waals surface area (Å²) >= 11 is 0. The highest BCUT2D eigenvalue weighted by molar-refractivity contribution is 5.92. The lowest BCUT2D eigenvalue weighted by Crippen LogP contribution is -2.31. The fourth-order valence-electron chi connectivity index (χ4n) is 2.58. The van der Waals surface area contributed by atoms with E-state index in [9.17, 15) is 19.7 Å². The number of primary amides is 1. The van der Waals surface area contributed by atoms with Crippen LogP contribution < -0.4 is 16.0 Å². The predicted molar refractivity (Wildman–Crippen MR) is 95.3 cm³/mol. The lowest BCUT2D eigenvalue weighted by molar-refractivity contribution is -0.385. The Balaban J connectivity index is 1.79. The van der Waals surface area contributed by atoms with Crippen LogP contribution >= 0.6 is 0 Å².